The second-order valence-corrected chi connectivity index (χ2v) is 10.3. The highest BCUT2D eigenvalue weighted by Crippen LogP contribution is 2.34. The number of H-pyrrole nitrogens is 1. The van der Waals surface area contributed by atoms with Crippen molar-refractivity contribution in [3.63, 3.8) is 0 Å². The predicted molar refractivity (Wildman–Crippen MR) is 137 cm³/mol. The molecule has 1 aliphatic carbocycles. The van der Waals surface area contributed by atoms with Gasteiger partial charge in [-0.2, -0.15) is 0 Å². The van der Waals surface area contributed by atoms with E-state index in [9.17, 15) is 4.79 Å². The van der Waals surface area contributed by atoms with Crippen LogP contribution in [0.15, 0.2) is 42.6 Å². The number of carbonyl (C=O) groups is 1. The van der Waals surface area contributed by atoms with E-state index in [-0.39, 0.29) is 11.8 Å². The van der Waals surface area contributed by atoms with Gasteiger partial charge >= 0.3 is 0 Å². The Balaban J connectivity index is 1.16. The van der Waals surface area contributed by atoms with Crippen LogP contribution in [0.4, 0.5) is 5.69 Å². The van der Waals surface area contributed by atoms with E-state index in [0.717, 1.165) is 49.6 Å². The standard InChI is InChI=1S/C28H34ClN3O/c1-19-6-8-24(31-28(33)21-4-2-3-5-21)16-22(19)12-15-32-13-10-20(11-14-32)26-18-30-27-9-7-23(29)17-25(26)27/h6-9,16-18,20-21,30H,2-5,10-15H2,1H3,(H,31,33). The zero-order chi connectivity index (χ0) is 22.8. The highest BCUT2D eigenvalue weighted by Gasteiger charge is 2.24. The molecule has 1 aliphatic heterocycles. The van der Waals surface area contributed by atoms with Crippen LogP contribution in [-0.2, 0) is 11.2 Å². The third-order valence-electron chi connectivity index (χ3n) is 7.74. The normalized spacial score (nSPS) is 18.2. The number of aryl methyl sites for hydroxylation is 1. The highest BCUT2D eigenvalue weighted by atomic mass is 35.5. The van der Waals surface area contributed by atoms with Crippen molar-refractivity contribution in [1.82, 2.24) is 9.88 Å². The molecule has 2 aliphatic rings. The Morgan fingerprint density at radius 2 is 1.88 bits per heavy atom. The molecule has 2 aromatic carbocycles. The molecule has 0 unspecified atom stereocenters. The molecule has 0 radical (unpaired) electrons. The summed E-state index contributed by atoms with van der Waals surface area (Å²) in [6, 6.07) is 12.5. The number of halogens is 1. The van der Waals surface area contributed by atoms with Gasteiger partial charge in [-0.05, 0) is 105 Å². The van der Waals surface area contributed by atoms with Gasteiger partial charge in [0.15, 0.2) is 0 Å². The number of fused-ring (bicyclic) bond motifs is 1. The van der Waals surface area contributed by atoms with E-state index in [1.807, 2.05) is 12.1 Å². The number of amides is 1. The maximum atomic E-state index is 12.5. The Labute approximate surface area is 201 Å². The number of hydrogen-bond acceptors (Lipinski definition) is 2. The number of benzene rings is 2. The van der Waals surface area contributed by atoms with Crippen LogP contribution in [0.25, 0.3) is 10.9 Å². The topological polar surface area (TPSA) is 48.1 Å². The van der Waals surface area contributed by atoms with Crippen LogP contribution in [-0.4, -0.2) is 35.4 Å². The fourth-order valence-corrected chi connectivity index (χ4v) is 5.82. The first kappa shape index (κ1) is 22.5. The van der Waals surface area contributed by atoms with Crippen molar-refractivity contribution in [1.29, 1.82) is 0 Å². The van der Waals surface area contributed by atoms with Gasteiger partial charge < -0.3 is 15.2 Å². The van der Waals surface area contributed by atoms with E-state index in [1.54, 1.807) is 0 Å². The number of aromatic amines is 1. The third-order valence-corrected chi connectivity index (χ3v) is 7.98. The highest BCUT2D eigenvalue weighted by molar-refractivity contribution is 6.31. The number of likely N-dealkylation sites (tertiary alicyclic amines) is 1. The summed E-state index contributed by atoms with van der Waals surface area (Å²) in [6.07, 6.45) is 9.98. The molecule has 0 spiro atoms. The molecule has 174 valence electrons. The van der Waals surface area contributed by atoms with Crippen molar-refractivity contribution in [2.45, 2.75) is 57.8 Å². The van der Waals surface area contributed by atoms with Crippen LogP contribution in [0.3, 0.4) is 0 Å². The minimum atomic E-state index is 0.197. The summed E-state index contributed by atoms with van der Waals surface area (Å²) in [4.78, 5) is 18.5. The number of carbonyl (C=O) groups excluding carboxylic acids is 1. The number of hydrogen-bond donors (Lipinski definition) is 2. The van der Waals surface area contributed by atoms with Gasteiger partial charge in [-0.3, -0.25) is 4.79 Å². The number of aromatic nitrogens is 1. The molecule has 33 heavy (non-hydrogen) atoms. The van der Waals surface area contributed by atoms with Gasteiger partial charge in [-0.25, -0.2) is 0 Å². The average molecular weight is 464 g/mol. The number of nitrogens with one attached hydrogen (secondary N) is 2. The second kappa shape index (κ2) is 9.90. The van der Waals surface area contributed by atoms with Crippen LogP contribution >= 0.6 is 11.6 Å². The van der Waals surface area contributed by atoms with Crippen LogP contribution in [0.5, 0.6) is 0 Å². The Kier molecular flexibility index (Phi) is 6.75. The molecule has 2 heterocycles. The maximum absolute atomic E-state index is 12.5. The summed E-state index contributed by atoms with van der Waals surface area (Å²) in [5, 5.41) is 5.24. The Morgan fingerprint density at radius 1 is 1.09 bits per heavy atom. The van der Waals surface area contributed by atoms with Crippen molar-refractivity contribution in [3.8, 4) is 0 Å². The first-order valence-electron chi connectivity index (χ1n) is 12.5. The lowest BCUT2D eigenvalue weighted by atomic mass is 9.89. The molecule has 2 fully saturated rings. The molecule has 5 heteroatoms. The molecule has 4 nitrogen and oxygen atoms in total. The molecule has 3 aromatic rings. The van der Waals surface area contributed by atoms with Gasteiger partial charge in [-0.1, -0.05) is 30.5 Å². The van der Waals surface area contributed by atoms with Crippen LogP contribution in [0, 0.1) is 12.8 Å². The Bertz CT molecular complexity index is 1120. The van der Waals surface area contributed by atoms with Gasteiger partial charge in [0.2, 0.25) is 5.91 Å². The zero-order valence-electron chi connectivity index (χ0n) is 19.5. The lowest BCUT2D eigenvalue weighted by Gasteiger charge is -2.32. The van der Waals surface area contributed by atoms with Crippen molar-refractivity contribution < 1.29 is 4.79 Å². The maximum Gasteiger partial charge on any atom is 0.227 e. The Morgan fingerprint density at radius 3 is 2.67 bits per heavy atom. The largest absolute Gasteiger partial charge is 0.361 e. The fourth-order valence-electron chi connectivity index (χ4n) is 5.65. The summed E-state index contributed by atoms with van der Waals surface area (Å²) in [7, 11) is 0. The van der Waals surface area contributed by atoms with Crippen molar-refractivity contribution in [2.75, 3.05) is 25.0 Å². The molecular weight excluding hydrogens is 430 g/mol. The van der Waals surface area contributed by atoms with Gasteiger partial charge in [0.05, 0.1) is 0 Å². The first-order valence-corrected chi connectivity index (χ1v) is 12.8. The zero-order valence-corrected chi connectivity index (χ0v) is 20.3. The molecule has 5 rings (SSSR count). The molecule has 1 saturated heterocycles. The van der Waals surface area contributed by atoms with Crippen molar-refractivity contribution in [2.24, 2.45) is 5.92 Å². The number of rotatable bonds is 6. The lowest BCUT2D eigenvalue weighted by Crippen LogP contribution is -2.34. The third kappa shape index (κ3) is 5.12. The number of anilines is 1. The van der Waals surface area contributed by atoms with E-state index in [2.05, 4.69) is 52.6 Å². The van der Waals surface area contributed by atoms with Gasteiger partial charge in [0, 0.05) is 40.3 Å². The lowest BCUT2D eigenvalue weighted by molar-refractivity contribution is -0.119. The average Bonchev–Trinajstić information content (AvgIpc) is 3.50. The van der Waals surface area contributed by atoms with E-state index in [4.69, 9.17) is 11.6 Å². The summed E-state index contributed by atoms with van der Waals surface area (Å²) < 4.78 is 0. The summed E-state index contributed by atoms with van der Waals surface area (Å²) in [5.74, 6) is 0.983. The number of nitrogens with zero attached hydrogens (tertiary/aromatic N) is 1. The van der Waals surface area contributed by atoms with Gasteiger partial charge in [-0.15, -0.1) is 0 Å². The number of piperidine rings is 1. The van der Waals surface area contributed by atoms with E-state index in [1.165, 1.54) is 53.3 Å². The SMILES string of the molecule is Cc1ccc(NC(=O)C2CCCC2)cc1CCN1CCC(c2c[nH]c3ccc(Cl)cc23)CC1. The molecule has 1 amide bonds. The minimum Gasteiger partial charge on any atom is -0.361 e. The molecule has 0 bridgehead atoms. The molecule has 0 atom stereocenters. The minimum absolute atomic E-state index is 0.197. The molecule has 1 saturated carbocycles. The Hall–Kier alpha value is -2.30. The quantitative estimate of drug-likeness (QED) is 0.428. The predicted octanol–water partition coefficient (Wildman–Crippen LogP) is 6.68. The summed E-state index contributed by atoms with van der Waals surface area (Å²) in [5.41, 5.74) is 6.18. The van der Waals surface area contributed by atoms with Crippen LogP contribution in [0.1, 0.15) is 61.1 Å². The van der Waals surface area contributed by atoms with Crippen LogP contribution in [0.2, 0.25) is 5.02 Å². The van der Waals surface area contributed by atoms with Gasteiger partial charge in [0.1, 0.15) is 0 Å². The van der Waals surface area contributed by atoms with Crippen molar-refractivity contribution in [3.05, 3.63) is 64.3 Å². The summed E-state index contributed by atoms with van der Waals surface area (Å²) >= 11 is 6.25. The van der Waals surface area contributed by atoms with Gasteiger partial charge in [0.25, 0.3) is 0 Å². The van der Waals surface area contributed by atoms with Crippen LogP contribution < -0.4 is 5.32 Å². The fraction of sp³-hybridized carbons (Fsp3) is 0.464. The van der Waals surface area contributed by atoms with E-state index >= 15 is 0 Å². The monoisotopic (exact) mass is 463 g/mol. The second-order valence-electron chi connectivity index (χ2n) is 9.91. The first-order chi connectivity index (χ1) is 16.1. The molecular formula is C28H34ClN3O. The van der Waals surface area contributed by atoms with E-state index in [0.29, 0.717) is 5.92 Å². The summed E-state index contributed by atoms with van der Waals surface area (Å²) in [6.45, 7) is 5.48. The van der Waals surface area contributed by atoms with E-state index < -0.39 is 0 Å². The van der Waals surface area contributed by atoms with Crippen molar-refractivity contribution >= 4 is 34.1 Å². The molecule has 2 N–H and O–H groups in total. The smallest absolute Gasteiger partial charge is 0.227 e. The molecule has 1 aromatic heterocycles.